The second-order valence-electron chi connectivity index (χ2n) is 4.41. The molecule has 0 aliphatic carbocycles. The largest absolute Gasteiger partial charge is 0.465 e. The smallest absolute Gasteiger partial charge is 0.411 e. The zero-order chi connectivity index (χ0) is 11.2. The lowest BCUT2D eigenvalue weighted by atomic mass is 9.87. The van der Waals surface area contributed by atoms with Crippen LogP contribution in [0.4, 0.5) is 14.9 Å². The van der Waals surface area contributed by atoms with Crippen molar-refractivity contribution in [1.82, 2.24) is 0 Å². The van der Waals surface area contributed by atoms with E-state index in [1.807, 2.05) is 13.8 Å². The van der Waals surface area contributed by atoms with Gasteiger partial charge in [-0.05, 0) is 23.8 Å². The first-order chi connectivity index (χ1) is 6.92. The second kappa shape index (κ2) is 2.95. The van der Waals surface area contributed by atoms with Crippen LogP contribution in [0, 0.1) is 5.82 Å². The van der Waals surface area contributed by atoms with E-state index in [2.05, 4.69) is 0 Å². The number of hydrogen-bond donors (Lipinski definition) is 1. The Bertz CT molecular complexity index is 429. The summed E-state index contributed by atoms with van der Waals surface area (Å²) < 4.78 is 13.1. The summed E-state index contributed by atoms with van der Waals surface area (Å²) in [7, 11) is 0. The molecule has 1 aromatic rings. The van der Waals surface area contributed by atoms with Crippen LogP contribution in [0.5, 0.6) is 0 Å². The number of benzene rings is 1. The fourth-order valence-corrected chi connectivity index (χ4v) is 2.02. The lowest BCUT2D eigenvalue weighted by Gasteiger charge is -2.18. The molecule has 1 heterocycles. The highest BCUT2D eigenvalue weighted by Crippen LogP contribution is 2.40. The molecule has 1 aromatic carbocycles. The minimum Gasteiger partial charge on any atom is -0.465 e. The molecule has 1 amide bonds. The average Bonchev–Trinajstić information content (AvgIpc) is 2.39. The van der Waals surface area contributed by atoms with Crippen LogP contribution < -0.4 is 4.90 Å². The third-order valence-electron chi connectivity index (χ3n) is 2.76. The molecule has 15 heavy (non-hydrogen) atoms. The molecule has 0 spiro atoms. The molecule has 3 nitrogen and oxygen atoms in total. The summed E-state index contributed by atoms with van der Waals surface area (Å²) in [6, 6.07) is 4.22. The zero-order valence-corrected chi connectivity index (χ0v) is 8.62. The summed E-state index contributed by atoms with van der Waals surface area (Å²) in [5, 5.41) is 8.99. The number of hydrogen-bond acceptors (Lipinski definition) is 1. The Labute approximate surface area is 87.1 Å². The van der Waals surface area contributed by atoms with Crippen molar-refractivity contribution >= 4 is 11.8 Å². The predicted molar refractivity (Wildman–Crippen MR) is 54.8 cm³/mol. The van der Waals surface area contributed by atoms with Gasteiger partial charge in [0, 0.05) is 12.0 Å². The Hall–Kier alpha value is -1.58. The first-order valence-electron chi connectivity index (χ1n) is 4.72. The maximum Gasteiger partial charge on any atom is 0.411 e. The van der Waals surface area contributed by atoms with Gasteiger partial charge in [0.15, 0.2) is 0 Å². The van der Waals surface area contributed by atoms with Crippen LogP contribution in [0.25, 0.3) is 0 Å². The molecule has 0 unspecified atom stereocenters. The minimum atomic E-state index is -0.992. The van der Waals surface area contributed by atoms with Gasteiger partial charge in [-0.15, -0.1) is 0 Å². The van der Waals surface area contributed by atoms with Gasteiger partial charge in [0.05, 0.1) is 5.69 Å². The highest BCUT2D eigenvalue weighted by Gasteiger charge is 2.38. The van der Waals surface area contributed by atoms with Crippen molar-refractivity contribution in [3.63, 3.8) is 0 Å². The molecule has 1 N–H and O–H groups in total. The maximum atomic E-state index is 13.1. The Morgan fingerprint density at radius 3 is 2.80 bits per heavy atom. The summed E-state index contributed by atoms with van der Waals surface area (Å²) in [4.78, 5) is 12.2. The number of amides is 1. The first-order valence-corrected chi connectivity index (χ1v) is 4.72. The molecular weight excluding hydrogens is 197 g/mol. The summed E-state index contributed by atoms with van der Waals surface area (Å²) >= 11 is 0. The number of anilines is 1. The predicted octanol–water partition coefficient (Wildman–Crippen LogP) is 2.60. The number of carboxylic acid groups (broad SMARTS) is 1. The molecule has 4 heteroatoms. The van der Waals surface area contributed by atoms with E-state index in [1.165, 1.54) is 23.1 Å². The third-order valence-corrected chi connectivity index (χ3v) is 2.76. The fourth-order valence-electron chi connectivity index (χ4n) is 2.02. The van der Waals surface area contributed by atoms with Crippen molar-refractivity contribution < 1.29 is 14.3 Å². The summed E-state index contributed by atoms with van der Waals surface area (Å²) in [6.07, 6.45) is -0.992. The minimum absolute atomic E-state index is 0.324. The molecule has 0 fully saturated rings. The van der Waals surface area contributed by atoms with E-state index in [-0.39, 0.29) is 11.2 Å². The fraction of sp³-hybridized carbons (Fsp3) is 0.364. The van der Waals surface area contributed by atoms with E-state index in [4.69, 9.17) is 5.11 Å². The van der Waals surface area contributed by atoms with Gasteiger partial charge in [-0.3, -0.25) is 4.90 Å². The quantitative estimate of drug-likeness (QED) is 0.713. The van der Waals surface area contributed by atoms with Gasteiger partial charge >= 0.3 is 6.09 Å². The first kappa shape index (κ1) is 9.96. The van der Waals surface area contributed by atoms with E-state index >= 15 is 0 Å². The zero-order valence-electron chi connectivity index (χ0n) is 8.62. The van der Waals surface area contributed by atoms with Crippen molar-refractivity contribution in [2.45, 2.75) is 19.3 Å². The molecular formula is C11H12FNO2. The van der Waals surface area contributed by atoms with Crippen molar-refractivity contribution in [2.75, 3.05) is 11.4 Å². The van der Waals surface area contributed by atoms with Crippen LogP contribution in [0.2, 0.25) is 0 Å². The number of carbonyl (C=O) groups is 1. The number of rotatable bonds is 0. The van der Waals surface area contributed by atoms with Gasteiger partial charge in [0.25, 0.3) is 0 Å². The van der Waals surface area contributed by atoms with Crippen molar-refractivity contribution in [2.24, 2.45) is 0 Å². The Morgan fingerprint density at radius 2 is 2.20 bits per heavy atom. The van der Waals surface area contributed by atoms with Crippen molar-refractivity contribution in [1.29, 1.82) is 0 Å². The lowest BCUT2D eigenvalue weighted by Crippen LogP contribution is -2.32. The number of halogens is 1. The van der Waals surface area contributed by atoms with Crippen molar-refractivity contribution in [3.05, 3.63) is 29.6 Å². The number of nitrogens with zero attached hydrogens (tertiary/aromatic N) is 1. The standard InChI is InChI=1S/C11H12FNO2/c1-11(2)6-13(10(14)15)9-4-3-7(12)5-8(9)11/h3-5H,6H2,1-2H3,(H,14,15). The molecule has 80 valence electrons. The van der Waals surface area contributed by atoms with Crippen LogP contribution in [-0.4, -0.2) is 17.7 Å². The summed E-state index contributed by atoms with van der Waals surface area (Å²) in [5.41, 5.74) is 1.02. The molecule has 0 radical (unpaired) electrons. The molecule has 1 aliphatic rings. The second-order valence-corrected chi connectivity index (χ2v) is 4.41. The van der Waals surface area contributed by atoms with Crippen LogP contribution >= 0.6 is 0 Å². The highest BCUT2D eigenvalue weighted by atomic mass is 19.1. The molecule has 0 bridgehead atoms. The third kappa shape index (κ3) is 1.46. The van der Waals surface area contributed by atoms with Gasteiger partial charge in [0.1, 0.15) is 5.82 Å². The molecule has 0 atom stereocenters. The van der Waals surface area contributed by atoms with Crippen molar-refractivity contribution in [3.8, 4) is 0 Å². The normalized spacial score (nSPS) is 17.7. The van der Waals surface area contributed by atoms with Crippen LogP contribution in [0.15, 0.2) is 18.2 Å². The molecule has 0 aromatic heterocycles. The molecule has 0 saturated carbocycles. The lowest BCUT2D eigenvalue weighted by molar-refractivity contribution is 0.201. The van der Waals surface area contributed by atoms with E-state index in [0.29, 0.717) is 12.2 Å². The molecule has 0 saturated heterocycles. The van der Waals surface area contributed by atoms with E-state index in [1.54, 1.807) is 0 Å². The monoisotopic (exact) mass is 209 g/mol. The summed E-state index contributed by atoms with van der Waals surface area (Å²) in [6.45, 7) is 4.20. The molecule has 2 rings (SSSR count). The maximum absolute atomic E-state index is 13.1. The molecule has 1 aliphatic heterocycles. The van der Waals surface area contributed by atoms with E-state index in [0.717, 1.165) is 5.56 Å². The average molecular weight is 209 g/mol. The number of fused-ring (bicyclic) bond motifs is 1. The van der Waals surface area contributed by atoms with Gasteiger partial charge < -0.3 is 5.11 Å². The van der Waals surface area contributed by atoms with Crippen LogP contribution in [0.1, 0.15) is 19.4 Å². The Morgan fingerprint density at radius 1 is 1.53 bits per heavy atom. The van der Waals surface area contributed by atoms with Gasteiger partial charge in [-0.25, -0.2) is 9.18 Å². The topological polar surface area (TPSA) is 40.5 Å². The van der Waals surface area contributed by atoms with Crippen LogP contribution in [-0.2, 0) is 5.41 Å². The SMILES string of the molecule is CC1(C)CN(C(=O)O)c2ccc(F)cc21. The van der Waals surface area contributed by atoms with E-state index in [9.17, 15) is 9.18 Å². The Balaban J connectivity index is 2.58. The summed E-state index contributed by atoms with van der Waals surface area (Å²) in [5.74, 6) is -0.325. The van der Waals surface area contributed by atoms with E-state index < -0.39 is 6.09 Å². The van der Waals surface area contributed by atoms with Gasteiger partial charge in [-0.2, -0.15) is 0 Å². The van der Waals surface area contributed by atoms with Crippen LogP contribution in [0.3, 0.4) is 0 Å². The van der Waals surface area contributed by atoms with Gasteiger partial charge in [0.2, 0.25) is 0 Å². The van der Waals surface area contributed by atoms with Gasteiger partial charge in [-0.1, -0.05) is 13.8 Å². The Kier molecular flexibility index (Phi) is 1.96. The highest BCUT2D eigenvalue weighted by molar-refractivity contribution is 5.90.